The van der Waals surface area contributed by atoms with E-state index in [0.29, 0.717) is 26.2 Å². The average molecular weight is 349 g/mol. The van der Waals surface area contributed by atoms with Gasteiger partial charge in [0.25, 0.3) is 0 Å². The monoisotopic (exact) mass is 349 g/mol. The lowest BCUT2D eigenvalue weighted by atomic mass is 10.2. The molecule has 1 heterocycles. The van der Waals surface area contributed by atoms with Crippen molar-refractivity contribution in [2.75, 3.05) is 31.2 Å². The molecule has 1 aromatic carbocycles. The molecule has 0 aliphatic carbocycles. The summed E-state index contributed by atoms with van der Waals surface area (Å²) in [5.74, 6) is 0.00987. The van der Waals surface area contributed by atoms with Crippen molar-refractivity contribution < 1.29 is 19.1 Å². The number of ether oxygens (including phenoxy) is 2. The van der Waals surface area contributed by atoms with E-state index in [0.717, 1.165) is 11.3 Å². The fraction of sp³-hybridized carbons (Fsp3) is 0.556. The van der Waals surface area contributed by atoms with Gasteiger partial charge in [-0.3, -0.25) is 4.79 Å². The van der Waals surface area contributed by atoms with Crippen LogP contribution in [0.25, 0.3) is 0 Å². The molecule has 1 aliphatic rings. The first kappa shape index (κ1) is 19.2. The van der Waals surface area contributed by atoms with Gasteiger partial charge in [-0.05, 0) is 32.9 Å². The number of aryl methyl sites for hydroxylation is 1. The zero-order valence-electron chi connectivity index (χ0n) is 15.1. The number of carbonyl (C=O) groups excluding carboxylic acids is 2. The number of nitrogens with one attached hydrogen (secondary N) is 2. The highest BCUT2D eigenvalue weighted by atomic mass is 16.7. The lowest BCUT2D eigenvalue weighted by Crippen LogP contribution is -2.46. The van der Waals surface area contributed by atoms with Crippen LogP contribution >= 0.6 is 0 Å². The largest absolute Gasteiger partial charge is 0.351 e. The third-order valence-corrected chi connectivity index (χ3v) is 3.94. The minimum atomic E-state index is -0.463. The Hall–Kier alpha value is -2.12. The number of benzene rings is 1. The molecule has 0 saturated carbocycles. The van der Waals surface area contributed by atoms with Gasteiger partial charge in [0, 0.05) is 31.9 Å². The Balaban J connectivity index is 1.82. The standard InChI is InChI=1S/C18H27N3O4/c1-4-24-17(25-5-2)11-19-18(23)20-14-10-16(22)21(12-14)15-8-6-13(3)7-9-15/h6-9,14,17H,4-5,10-12H2,1-3H3,(H2,19,20,23). The Labute approximate surface area is 148 Å². The molecule has 2 rings (SSSR count). The predicted molar refractivity (Wildman–Crippen MR) is 95.5 cm³/mol. The maximum atomic E-state index is 12.2. The summed E-state index contributed by atoms with van der Waals surface area (Å²) in [5.41, 5.74) is 2.00. The summed E-state index contributed by atoms with van der Waals surface area (Å²) in [6.07, 6.45) is -0.170. The lowest BCUT2D eigenvalue weighted by molar-refractivity contribution is -0.131. The van der Waals surface area contributed by atoms with Crippen molar-refractivity contribution in [3.8, 4) is 0 Å². The molecule has 7 nitrogen and oxygen atoms in total. The molecule has 1 atom stereocenters. The van der Waals surface area contributed by atoms with E-state index in [1.54, 1.807) is 4.90 Å². The summed E-state index contributed by atoms with van der Waals surface area (Å²) < 4.78 is 10.8. The normalized spacial score (nSPS) is 17.2. The van der Waals surface area contributed by atoms with E-state index in [2.05, 4.69) is 10.6 Å². The summed E-state index contributed by atoms with van der Waals surface area (Å²) in [6.45, 7) is 7.49. The summed E-state index contributed by atoms with van der Waals surface area (Å²) >= 11 is 0. The van der Waals surface area contributed by atoms with Crippen LogP contribution in [0.2, 0.25) is 0 Å². The quantitative estimate of drug-likeness (QED) is 0.702. The van der Waals surface area contributed by atoms with Gasteiger partial charge in [-0.15, -0.1) is 0 Å². The van der Waals surface area contributed by atoms with Crippen LogP contribution in [0.3, 0.4) is 0 Å². The molecule has 138 valence electrons. The number of carbonyl (C=O) groups is 2. The van der Waals surface area contributed by atoms with E-state index >= 15 is 0 Å². The highest BCUT2D eigenvalue weighted by Gasteiger charge is 2.31. The minimum absolute atomic E-state index is 0.00987. The zero-order valence-corrected chi connectivity index (χ0v) is 15.1. The molecule has 1 fully saturated rings. The van der Waals surface area contributed by atoms with E-state index in [9.17, 15) is 9.59 Å². The molecule has 0 spiro atoms. The van der Waals surface area contributed by atoms with Crippen LogP contribution in [0, 0.1) is 6.92 Å². The Bertz CT molecular complexity index is 570. The maximum absolute atomic E-state index is 12.2. The molecule has 0 bridgehead atoms. The van der Waals surface area contributed by atoms with Crippen LogP contribution < -0.4 is 15.5 Å². The minimum Gasteiger partial charge on any atom is -0.351 e. The van der Waals surface area contributed by atoms with Crippen molar-refractivity contribution in [3.63, 3.8) is 0 Å². The van der Waals surface area contributed by atoms with Crippen molar-refractivity contribution in [1.29, 1.82) is 0 Å². The van der Waals surface area contributed by atoms with E-state index < -0.39 is 6.29 Å². The SMILES string of the molecule is CCOC(CNC(=O)NC1CC(=O)N(c2ccc(C)cc2)C1)OCC. The van der Waals surface area contributed by atoms with Crippen LogP contribution in [0.5, 0.6) is 0 Å². The van der Waals surface area contributed by atoms with Gasteiger partial charge in [-0.2, -0.15) is 0 Å². The number of urea groups is 1. The molecular formula is C18H27N3O4. The van der Waals surface area contributed by atoms with Crippen molar-refractivity contribution >= 4 is 17.6 Å². The van der Waals surface area contributed by atoms with E-state index in [1.807, 2.05) is 45.0 Å². The topological polar surface area (TPSA) is 79.9 Å². The van der Waals surface area contributed by atoms with Crippen LogP contribution in [0.4, 0.5) is 10.5 Å². The second kappa shape index (κ2) is 9.39. The van der Waals surface area contributed by atoms with Crippen LogP contribution in [-0.2, 0) is 14.3 Å². The fourth-order valence-electron chi connectivity index (χ4n) is 2.73. The van der Waals surface area contributed by atoms with Gasteiger partial charge in [-0.1, -0.05) is 17.7 Å². The number of hydrogen-bond donors (Lipinski definition) is 2. The van der Waals surface area contributed by atoms with Crippen molar-refractivity contribution in [2.45, 2.75) is 39.5 Å². The molecule has 1 aromatic rings. The maximum Gasteiger partial charge on any atom is 0.315 e. The number of hydrogen-bond acceptors (Lipinski definition) is 4. The molecular weight excluding hydrogens is 322 g/mol. The molecule has 1 unspecified atom stereocenters. The third-order valence-electron chi connectivity index (χ3n) is 3.94. The average Bonchev–Trinajstić information content (AvgIpc) is 2.94. The summed E-state index contributed by atoms with van der Waals surface area (Å²) in [5, 5.41) is 5.56. The molecule has 1 saturated heterocycles. The summed E-state index contributed by atoms with van der Waals surface area (Å²) in [4.78, 5) is 25.9. The van der Waals surface area contributed by atoms with Gasteiger partial charge < -0.3 is 25.0 Å². The summed E-state index contributed by atoms with van der Waals surface area (Å²) in [7, 11) is 0. The van der Waals surface area contributed by atoms with Crippen LogP contribution in [-0.4, -0.2) is 50.6 Å². The zero-order chi connectivity index (χ0) is 18.2. The summed E-state index contributed by atoms with van der Waals surface area (Å²) in [6, 6.07) is 7.24. The van der Waals surface area contributed by atoms with Gasteiger partial charge in [0.05, 0.1) is 12.6 Å². The first-order valence-electron chi connectivity index (χ1n) is 8.68. The Kier molecular flexibility index (Phi) is 7.21. The molecule has 25 heavy (non-hydrogen) atoms. The Morgan fingerprint density at radius 3 is 2.48 bits per heavy atom. The number of nitrogens with zero attached hydrogens (tertiary/aromatic N) is 1. The molecule has 0 aromatic heterocycles. The molecule has 0 radical (unpaired) electrons. The van der Waals surface area contributed by atoms with E-state index in [1.165, 1.54) is 0 Å². The van der Waals surface area contributed by atoms with Gasteiger partial charge in [0.15, 0.2) is 6.29 Å². The lowest BCUT2D eigenvalue weighted by Gasteiger charge is -2.19. The van der Waals surface area contributed by atoms with Crippen molar-refractivity contribution in [1.82, 2.24) is 10.6 Å². The molecule has 3 amide bonds. The predicted octanol–water partition coefficient (Wildman–Crippen LogP) is 1.80. The van der Waals surface area contributed by atoms with Gasteiger partial charge in [0.2, 0.25) is 5.91 Å². The second-order valence-electron chi connectivity index (χ2n) is 5.94. The molecule has 2 N–H and O–H groups in total. The number of rotatable bonds is 8. The first-order chi connectivity index (χ1) is 12.0. The second-order valence-corrected chi connectivity index (χ2v) is 5.94. The number of amides is 3. The Morgan fingerprint density at radius 1 is 1.24 bits per heavy atom. The van der Waals surface area contributed by atoms with Crippen LogP contribution in [0.15, 0.2) is 24.3 Å². The van der Waals surface area contributed by atoms with E-state index in [-0.39, 0.29) is 24.5 Å². The van der Waals surface area contributed by atoms with Crippen LogP contribution in [0.1, 0.15) is 25.8 Å². The Morgan fingerprint density at radius 2 is 1.88 bits per heavy atom. The first-order valence-corrected chi connectivity index (χ1v) is 8.68. The molecule has 7 heteroatoms. The smallest absolute Gasteiger partial charge is 0.315 e. The van der Waals surface area contributed by atoms with Crippen molar-refractivity contribution in [2.24, 2.45) is 0 Å². The van der Waals surface area contributed by atoms with Gasteiger partial charge in [-0.25, -0.2) is 4.79 Å². The fourth-order valence-corrected chi connectivity index (χ4v) is 2.73. The van der Waals surface area contributed by atoms with Crippen molar-refractivity contribution in [3.05, 3.63) is 29.8 Å². The molecule has 1 aliphatic heterocycles. The van der Waals surface area contributed by atoms with E-state index in [4.69, 9.17) is 9.47 Å². The third kappa shape index (κ3) is 5.72. The highest BCUT2D eigenvalue weighted by Crippen LogP contribution is 2.21. The number of anilines is 1. The van der Waals surface area contributed by atoms with Gasteiger partial charge in [0.1, 0.15) is 0 Å². The highest BCUT2D eigenvalue weighted by molar-refractivity contribution is 5.96. The van der Waals surface area contributed by atoms with Gasteiger partial charge >= 0.3 is 6.03 Å².